The maximum atomic E-state index is 14.9. The van der Waals surface area contributed by atoms with E-state index in [4.69, 9.17) is 9.47 Å². The fourth-order valence-electron chi connectivity index (χ4n) is 5.81. The summed E-state index contributed by atoms with van der Waals surface area (Å²) in [6.45, 7) is 16.5. The number of esters is 1. The number of nitrogens with zero attached hydrogens (tertiary/aromatic N) is 1. The molecule has 5 atom stereocenters. The Morgan fingerprint density at radius 2 is 1.34 bits per heavy atom. The molecule has 266 valence electrons. The average molecular weight is 682 g/mol. The van der Waals surface area contributed by atoms with Crippen molar-refractivity contribution >= 4 is 30.0 Å². The van der Waals surface area contributed by atoms with Crippen molar-refractivity contribution in [2.75, 3.05) is 0 Å². The number of rotatable bonds is 13. The molecule has 50 heavy (non-hydrogen) atoms. The zero-order chi connectivity index (χ0) is 36.6. The van der Waals surface area contributed by atoms with Gasteiger partial charge in [-0.1, -0.05) is 98.4 Å². The molecule has 1 fully saturated rings. The summed E-state index contributed by atoms with van der Waals surface area (Å²) in [4.78, 5) is 58.0. The lowest BCUT2D eigenvalue weighted by Crippen LogP contribution is -2.56. The fraction of sp³-hybridized carbons (Fsp3) is 0.415. The van der Waals surface area contributed by atoms with Crippen molar-refractivity contribution in [2.45, 2.75) is 103 Å². The Morgan fingerprint density at radius 3 is 1.84 bits per heavy atom. The number of nitrogens with one attached hydrogen (secondary N) is 2. The molecule has 3 aromatic rings. The van der Waals surface area contributed by atoms with E-state index in [0.717, 1.165) is 16.7 Å². The van der Waals surface area contributed by atoms with Gasteiger partial charge in [-0.25, -0.2) is 9.59 Å². The van der Waals surface area contributed by atoms with E-state index in [9.17, 15) is 19.2 Å². The van der Waals surface area contributed by atoms with Gasteiger partial charge in [0.1, 0.15) is 29.3 Å². The highest BCUT2D eigenvalue weighted by Crippen LogP contribution is 2.41. The predicted octanol–water partition coefficient (Wildman–Crippen LogP) is 6.81. The molecule has 9 heteroatoms. The summed E-state index contributed by atoms with van der Waals surface area (Å²) in [5.74, 6) is -1.46. The summed E-state index contributed by atoms with van der Waals surface area (Å²) >= 11 is 0. The molecule has 0 aromatic heterocycles. The molecular formula is C41H51N3O6. The Balaban J connectivity index is 1.78. The van der Waals surface area contributed by atoms with Crippen LogP contribution in [0.15, 0.2) is 91.5 Å². The first-order chi connectivity index (χ1) is 23.5. The van der Waals surface area contributed by atoms with Crippen LogP contribution < -0.4 is 10.6 Å². The van der Waals surface area contributed by atoms with Gasteiger partial charge in [0.05, 0.1) is 0 Å². The Bertz CT molecular complexity index is 1640. The first-order valence-electron chi connectivity index (χ1n) is 17.2. The lowest BCUT2D eigenvalue weighted by atomic mass is 9.97. The molecule has 1 aliphatic carbocycles. The van der Waals surface area contributed by atoms with Crippen molar-refractivity contribution in [3.8, 4) is 0 Å². The van der Waals surface area contributed by atoms with Gasteiger partial charge in [0.2, 0.25) is 11.8 Å². The Labute approximate surface area is 296 Å². The van der Waals surface area contributed by atoms with Gasteiger partial charge in [-0.2, -0.15) is 0 Å². The molecule has 0 saturated heterocycles. The van der Waals surface area contributed by atoms with Crippen molar-refractivity contribution in [2.24, 2.45) is 5.92 Å². The number of hydrogen-bond acceptors (Lipinski definition) is 6. The highest BCUT2D eigenvalue weighted by molar-refractivity contribution is 5.94. The monoisotopic (exact) mass is 681 g/mol. The van der Waals surface area contributed by atoms with E-state index in [1.54, 1.807) is 64.7 Å². The molecule has 0 radical (unpaired) electrons. The van der Waals surface area contributed by atoms with Gasteiger partial charge in [-0.15, -0.1) is 0 Å². The molecule has 3 amide bonds. The van der Waals surface area contributed by atoms with Crippen LogP contribution in [0.5, 0.6) is 0 Å². The fourth-order valence-corrected chi connectivity index (χ4v) is 5.81. The van der Waals surface area contributed by atoms with Crippen molar-refractivity contribution in [3.63, 3.8) is 0 Å². The largest absolute Gasteiger partial charge is 0.458 e. The molecule has 4 rings (SSSR count). The summed E-state index contributed by atoms with van der Waals surface area (Å²) in [7, 11) is 0. The average Bonchev–Trinajstić information content (AvgIpc) is 3.77. The smallest absolute Gasteiger partial charge is 0.408 e. The van der Waals surface area contributed by atoms with E-state index in [2.05, 4.69) is 17.2 Å². The number of amides is 3. The van der Waals surface area contributed by atoms with Crippen LogP contribution in [0.25, 0.3) is 6.08 Å². The van der Waals surface area contributed by atoms with Crippen LogP contribution in [0.4, 0.5) is 4.79 Å². The van der Waals surface area contributed by atoms with Gasteiger partial charge in [-0.3, -0.25) is 9.59 Å². The highest BCUT2D eigenvalue weighted by Gasteiger charge is 2.49. The van der Waals surface area contributed by atoms with E-state index in [1.165, 1.54) is 0 Å². The van der Waals surface area contributed by atoms with Crippen molar-refractivity contribution in [1.29, 1.82) is 0 Å². The number of carbonyl (C=O) groups is 4. The molecular weight excluding hydrogens is 630 g/mol. The van der Waals surface area contributed by atoms with Gasteiger partial charge < -0.3 is 25.0 Å². The van der Waals surface area contributed by atoms with Crippen LogP contribution in [0, 0.1) is 5.92 Å². The van der Waals surface area contributed by atoms with Crippen LogP contribution in [0.2, 0.25) is 0 Å². The number of benzene rings is 3. The molecule has 1 aliphatic rings. The number of carbonyl (C=O) groups excluding carboxylic acids is 4. The summed E-state index contributed by atoms with van der Waals surface area (Å²) < 4.78 is 11.3. The summed E-state index contributed by atoms with van der Waals surface area (Å²) in [6, 6.07) is 22.5. The second-order valence-electron chi connectivity index (χ2n) is 15.0. The maximum absolute atomic E-state index is 14.9. The van der Waals surface area contributed by atoms with Crippen LogP contribution in [-0.2, 0) is 36.7 Å². The van der Waals surface area contributed by atoms with Gasteiger partial charge in [0, 0.05) is 18.9 Å². The second-order valence-corrected chi connectivity index (χ2v) is 15.0. The molecule has 3 aromatic carbocycles. The zero-order valence-electron chi connectivity index (χ0n) is 30.3. The number of ether oxygens (including phenoxy) is 2. The standard InChI is InChI=1S/C41H51N3O6/c1-9-28-21-16-22-31(24-28)35(36(45)42-33(38(47)49-40(3,4)5)26-30-19-14-11-15-20-30)44(34-23-27(34)2)37(46)32(25-29-17-12-10-13-18-29)43-39(48)50-41(6,7)8/h9-22,24,27,32-35H,1,23,25-26H2,2-8H3,(H,42,45)(H,43,48). The lowest BCUT2D eigenvalue weighted by Gasteiger charge is -2.36. The van der Waals surface area contributed by atoms with Crippen LogP contribution >= 0.6 is 0 Å². The van der Waals surface area contributed by atoms with Crippen LogP contribution in [0.3, 0.4) is 0 Å². The molecule has 0 spiro atoms. The molecule has 2 N–H and O–H groups in total. The molecule has 0 heterocycles. The van der Waals surface area contributed by atoms with E-state index >= 15 is 0 Å². The Hall–Kier alpha value is -4.92. The first kappa shape index (κ1) is 37.9. The van der Waals surface area contributed by atoms with E-state index < -0.39 is 53.2 Å². The molecule has 0 aliphatic heterocycles. The van der Waals surface area contributed by atoms with Gasteiger partial charge in [-0.05, 0) is 82.2 Å². The van der Waals surface area contributed by atoms with E-state index in [0.29, 0.717) is 12.0 Å². The minimum absolute atomic E-state index is 0.0988. The quantitative estimate of drug-likeness (QED) is 0.192. The van der Waals surface area contributed by atoms with Crippen LogP contribution in [-0.4, -0.2) is 58.1 Å². The molecule has 0 bridgehead atoms. The summed E-state index contributed by atoms with van der Waals surface area (Å²) in [5.41, 5.74) is 1.38. The first-order valence-corrected chi connectivity index (χ1v) is 17.2. The predicted molar refractivity (Wildman–Crippen MR) is 195 cm³/mol. The third kappa shape index (κ3) is 11.1. The van der Waals surface area contributed by atoms with Crippen LogP contribution in [0.1, 0.15) is 83.2 Å². The van der Waals surface area contributed by atoms with E-state index in [-0.39, 0.29) is 24.8 Å². The second kappa shape index (κ2) is 16.2. The minimum Gasteiger partial charge on any atom is -0.458 e. The third-order valence-corrected chi connectivity index (χ3v) is 8.23. The van der Waals surface area contributed by atoms with E-state index in [1.807, 2.05) is 79.7 Å². The molecule has 9 nitrogen and oxygen atoms in total. The van der Waals surface area contributed by atoms with Gasteiger partial charge in [0.15, 0.2) is 0 Å². The lowest BCUT2D eigenvalue weighted by molar-refractivity contribution is -0.159. The minimum atomic E-state index is -1.14. The SMILES string of the molecule is C=Cc1cccc(C(C(=O)NC(Cc2ccccc2)C(=O)OC(C)(C)C)N(C(=O)C(Cc2ccccc2)NC(=O)OC(C)(C)C)C2CC2C)c1. The number of hydrogen-bond donors (Lipinski definition) is 2. The van der Waals surface area contributed by atoms with Crippen molar-refractivity contribution in [1.82, 2.24) is 15.5 Å². The van der Waals surface area contributed by atoms with Crippen molar-refractivity contribution in [3.05, 3.63) is 114 Å². The van der Waals surface area contributed by atoms with Crippen molar-refractivity contribution < 1.29 is 28.7 Å². The van der Waals surface area contributed by atoms with Gasteiger partial charge in [0.25, 0.3) is 0 Å². The maximum Gasteiger partial charge on any atom is 0.408 e. The Morgan fingerprint density at radius 1 is 0.800 bits per heavy atom. The Kier molecular flexibility index (Phi) is 12.3. The zero-order valence-corrected chi connectivity index (χ0v) is 30.3. The highest BCUT2D eigenvalue weighted by atomic mass is 16.6. The molecule has 1 saturated carbocycles. The third-order valence-electron chi connectivity index (χ3n) is 8.23. The van der Waals surface area contributed by atoms with Gasteiger partial charge >= 0.3 is 12.1 Å². The summed E-state index contributed by atoms with van der Waals surface area (Å²) in [5, 5.41) is 5.78. The summed E-state index contributed by atoms with van der Waals surface area (Å²) in [6.07, 6.45) is 1.96. The normalized spacial score (nSPS) is 17.3. The molecule has 5 unspecified atom stereocenters. The topological polar surface area (TPSA) is 114 Å². The number of alkyl carbamates (subject to hydrolysis) is 1.